The maximum absolute atomic E-state index is 6.16. The Hall–Kier alpha value is -1.19. The van der Waals surface area contributed by atoms with Crippen LogP contribution in [0.15, 0.2) is 34.8 Å². The van der Waals surface area contributed by atoms with Gasteiger partial charge in [-0.1, -0.05) is 27.5 Å². The highest BCUT2D eigenvalue weighted by Gasteiger charge is 2.07. The molecule has 2 aromatic carbocycles. The Labute approximate surface area is 120 Å². The molecule has 0 radical (unpaired) electrons. The molecule has 0 saturated heterocycles. The van der Waals surface area contributed by atoms with Crippen molar-refractivity contribution >= 4 is 44.6 Å². The van der Waals surface area contributed by atoms with Crippen molar-refractivity contribution in [3.63, 3.8) is 0 Å². The molecule has 0 saturated carbocycles. The van der Waals surface area contributed by atoms with E-state index in [0.717, 1.165) is 27.0 Å². The van der Waals surface area contributed by atoms with E-state index in [2.05, 4.69) is 47.2 Å². The van der Waals surface area contributed by atoms with Gasteiger partial charge in [0.05, 0.1) is 10.7 Å². The molecule has 0 amide bonds. The van der Waals surface area contributed by atoms with Gasteiger partial charge in [0.15, 0.2) is 0 Å². The van der Waals surface area contributed by atoms with E-state index in [0.29, 0.717) is 10.7 Å². The fraction of sp³-hybridized carbons (Fsp3) is 0.143. The zero-order chi connectivity index (χ0) is 13.3. The molecule has 18 heavy (non-hydrogen) atoms. The van der Waals surface area contributed by atoms with Crippen LogP contribution in [0.25, 0.3) is 0 Å². The minimum Gasteiger partial charge on any atom is -0.399 e. The van der Waals surface area contributed by atoms with E-state index in [9.17, 15) is 0 Å². The largest absolute Gasteiger partial charge is 0.399 e. The Balaban J connectivity index is 2.40. The SMILES string of the molecule is Cc1cc(Br)cc(C)c1Nc1ccc(N)cc1Cl. The van der Waals surface area contributed by atoms with Gasteiger partial charge in [-0.2, -0.15) is 0 Å². The van der Waals surface area contributed by atoms with Crippen molar-refractivity contribution in [2.24, 2.45) is 0 Å². The second-order valence-electron chi connectivity index (χ2n) is 4.28. The maximum Gasteiger partial charge on any atom is 0.0661 e. The van der Waals surface area contributed by atoms with Crippen molar-refractivity contribution in [1.82, 2.24) is 0 Å². The van der Waals surface area contributed by atoms with Crippen LogP contribution in [0.5, 0.6) is 0 Å². The lowest BCUT2D eigenvalue weighted by atomic mass is 10.1. The molecule has 94 valence electrons. The molecule has 3 N–H and O–H groups in total. The number of rotatable bonds is 2. The summed E-state index contributed by atoms with van der Waals surface area (Å²) in [6, 6.07) is 9.60. The first-order valence-corrected chi connectivity index (χ1v) is 6.73. The van der Waals surface area contributed by atoms with Gasteiger partial charge in [-0.3, -0.25) is 0 Å². The van der Waals surface area contributed by atoms with Crippen molar-refractivity contribution in [2.75, 3.05) is 11.1 Å². The Kier molecular flexibility index (Phi) is 3.83. The Morgan fingerprint density at radius 3 is 2.28 bits per heavy atom. The molecule has 0 bridgehead atoms. The van der Waals surface area contributed by atoms with Crippen LogP contribution in [0, 0.1) is 13.8 Å². The molecule has 4 heteroatoms. The van der Waals surface area contributed by atoms with Gasteiger partial charge in [-0.15, -0.1) is 0 Å². The van der Waals surface area contributed by atoms with Crippen LogP contribution in [-0.4, -0.2) is 0 Å². The van der Waals surface area contributed by atoms with E-state index in [1.54, 1.807) is 6.07 Å². The summed E-state index contributed by atoms with van der Waals surface area (Å²) in [5, 5.41) is 3.98. The quantitative estimate of drug-likeness (QED) is 0.759. The number of halogens is 2. The highest BCUT2D eigenvalue weighted by molar-refractivity contribution is 9.10. The minimum atomic E-state index is 0.622. The van der Waals surface area contributed by atoms with Gasteiger partial charge in [0.1, 0.15) is 0 Å². The van der Waals surface area contributed by atoms with Gasteiger partial charge in [0.25, 0.3) is 0 Å². The monoisotopic (exact) mass is 324 g/mol. The number of hydrogen-bond acceptors (Lipinski definition) is 2. The summed E-state index contributed by atoms with van der Waals surface area (Å²) in [4.78, 5) is 0. The van der Waals surface area contributed by atoms with E-state index in [4.69, 9.17) is 17.3 Å². The Morgan fingerprint density at radius 1 is 1.11 bits per heavy atom. The molecule has 0 aliphatic rings. The average Bonchev–Trinajstić information content (AvgIpc) is 2.25. The summed E-state index contributed by atoms with van der Waals surface area (Å²) in [6.45, 7) is 4.12. The highest BCUT2D eigenvalue weighted by Crippen LogP contribution is 2.32. The van der Waals surface area contributed by atoms with Crippen LogP contribution in [0.1, 0.15) is 11.1 Å². The van der Waals surface area contributed by atoms with E-state index in [-0.39, 0.29) is 0 Å². The van der Waals surface area contributed by atoms with Gasteiger partial charge in [-0.25, -0.2) is 0 Å². The predicted molar refractivity (Wildman–Crippen MR) is 82.8 cm³/mol. The molecule has 0 fully saturated rings. The van der Waals surface area contributed by atoms with E-state index in [1.165, 1.54) is 0 Å². The first kappa shape index (κ1) is 13.2. The average molecular weight is 326 g/mol. The second-order valence-corrected chi connectivity index (χ2v) is 5.60. The number of nitrogens with two attached hydrogens (primary N) is 1. The van der Waals surface area contributed by atoms with Crippen molar-refractivity contribution in [2.45, 2.75) is 13.8 Å². The van der Waals surface area contributed by atoms with Crippen LogP contribution in [0.4, 0.5) is 17.1 Å². The zero-order valence-electron chi connectivity index (χ0n) is 10.2. The number of aryl methyl sites for hydroxylation is 2. The van der Waals surface area contributed by atoms with Gasteiger partial charge >= 0.3 is 0 Å². The normalized spacial score (nSPS) is 10.4. The number of benzene rings is 2. The number of nitrogens with one attached hydrogen (secondary N) is 1. The summed E-state index contributed by atoms with van der Waals surface area (Å²) in [7, 11) is 0. The predicted octanol–water partition coefficient (Wildman–Crippen LogP) is 5.05. The van der Waals surface area contributed by atoms with Gasteiger partial charge < -0.3 is 11.1 Å². The molecule has 2 aromatic rings. The van der Waals surface area contributed by atoms with Gasteiger partial charge in [0, 0.05) is 15.8 Å². The molecule has 2 rings (SSSR count). The molecule has 0 aromatic heterocycles. The molecule has 0 atom stereocenters. The maximum atomic E-state index is 6.16. The summed E-state index contributed by atoms with van der Waals surface area (Å²) in [5.74, 6) is 0. The lowest BCUT2D eigenvalue weighted by molar-refractivity contribution is 1.34. The summed E-state index contributed by atoms with van der Waals surface area (Å²) >= 11 is 9.65. The molecule has 0 spiro atoms. The van der Waals surface area contributed by atoms with Crippen molar-refractivity contribution in [1.29, 1.82) is 0 Å². The topological polar surface area (TPSA) is 38.0 Å². The van der Waals surface area contributed by atoms with Crippen molar-refractivity contribution < 1.29 is 0 Å². The van der Waals surface area contributed by atoms with Crippen LogP contribution in [0.2, 0.25) is 5.02 Å². The lowest BCUT2D eigenvalue weighted by Crippen LogP contribution is -1.97. The number of anilines is 3. The third-order valence-electron chi connectivity index (χ3n) is 2.75. The molecular formula is C14H14BrClN2. The lowest BCUT2D eigenvalue weighted by Gasteiger charge is -2.14. The van der Waals surface area contributed by atoms with E-state index >= 15 is 0 Å². The third-order valence-corrected chi connectivity index (χ3v) is 3.52. The van der Waals surface area contributed by atoms with E-state index < -0.39 is 0 Å². The van der Waals surface area contributed by atoms with Crippen LogP contribution in [-0.2, 0) is 0 Å². The van der Waals surface area contributed by atoms with Gasteiger partial charge in [-0.05, 0) is 55.3 Å². The number of nitrogen functional groups attached to an aromatic ring is 1. The Morgan fingerprint density at radius 2 is 1.72 bits per heavy atom. The fourth-order valence-corrected chi connectivity index (χ4v) is 2.80. The van der Waals surface area contributed by atoms with Crippen LogP contribution < -0.4 is 11.1 Å². The molecule has 0 unspecified atom stereocenters. The molecule has 0 aliphatic carbocycles. The summed E-state index contributed by atoms with van der Waals surface area (Å²) in [6.07, 6.45) is 0. The molecule has 0 heterocycles. The minimum absolute atomic E-state index is 0.622. The van der Waals surface area contributed by atoms with Crippen molar-refractivity contribution in [3.8, 4) is 0 Å². The molecule has 0 aliphatic heterocycles. The summed E-state index contributed by atoms with van der Waals surface area (Å²) in [5.41, 5.74) is 10.6. The zero-order valence-corrected chi connectivity index (χ0v) is 12.6. The summed E-state index contributed by atoms with van der Waals surface area (Å²) < 4.78 is 1.08. The Bertz CT molecular complexity index is 573. The molecule has 2 nitrogen and oxygen atoms in total. The third kappa shape index (κ3) is 2.79. The highest BCUT2D eigenvalue weighted by atomic mass is 79.9. The van der Waals surface area contributed by atoms with Crippen LogP contribution in [0.3, 0.4) is 0 Å². The molecular weight excluding hydrogens is 312 g/mol. The van der Waals surface area contributed by atoms with Crippen molar-refractivity contribution in [3.05, 3.63) is 51.0 Å². The second kappa shape index (κ2) is 5.21. The van der Waals surface area contributed by atoms with E-state index in [1.807, 2.05) is 12.1 Å². The smallest absolute Gasteiger partial charge is 0.0661 e. The van der Waals surface area contributed by atoms with Gasteiger partial charge in [0.2, 0.25) is 0 Å². The van der Waals surface area contributed by atoms with Crippen LogP contribution >= 0.6 is 27.5 Å². The fourth-order valence-electron chi connectivity index (χ4n) is 1.88. The first-order valence-electron chi connectivity index (χ1n) is 5.56. The standard InChI is InChI=1S/C14H14BrClN2/c1-8-5-10(15)6-9(2)14(8)18-13-4-3-11(17)7-12(13)16/h3-7,18H,17H2,1-2H3. The first-order chi connectivity index (χ1) is 8.47. The number of hydrogen-bond donors (Lipinski definition) is 2.